The molecule has 0 aliphatic heterocycles. The molecule has 10 heteroatoms. The van der Waals surface area contributed by atoms with E-state index in [1.54, 1.807) is 34.8 Å². The Morgan fingerprint density at radius 1 is 0.341 bits per heavy atom. The molecule has 6 aromatic heterocycles. The zero-order valence-corrected chi connectivity index (χ0v) is 26.9. The van der Waals surface area contributed by atoms with Crippen LogP contribution < -0.4 is 0 Å². The molecule has 0 aliphatic carbocycles. The molecule has 214 valence electrons. The van der Waals surface area contributed by atoms with Crippen molar-refractivity contribution < 1.29 is 17.6 Å². The lowest BCUT2D eigenvalue weighted by atomic mass is 10.1. The third-order valence-electron chi connectivity index (χ3n) is 7.52. The van der Waals surface area contributed by atoms with Crippen LogP contribution in [-0.4, -0.2) is 0 Å². The van der Waals surface area contributed by atoms with Gasteiger partial charge in [-0.1, -0.05) is 60.7 Å². The highest BCUT2D eigenvalue weighted by molar-refractivity contribution is 7.41. The molecule has 0 unspecified atom stereocenters. The first kappa shape index (κ1) is 27.0. The third-order valence-corrected chi connectivity index (χ3v) is 15.2. The fourth-order valence-electron chi connectivity index (χ4n) is 5.47. The molecule has 0 saturated heterocycles. The highest BCUT2D eigenvalue weighted by atomic mass is 32.1. The van der Waals surface area contributed by atoms with Gasteiger partial charge < -0.3 is 0 Å². The lowest BCUT2D eigenvalue weighted by Gasteiger charge is -2.10. The molecule has 0 aliphatic rings. The maximum atomic E-state index is 15.7. The summed E-state index contributed by atoms with van der Waals surface area (Å²) in [6.45, 7) is 0. The van der Waals surface area contributed by atoms with Crippen molar-refractivity contribution in [2.75, 3.05) is 0 Å². The normalized spacial score (nSPS) is 12.1. The van der Waals surface area contributed by atoms with E-state index in [1.165, 1.54) is 22.7 Å². The smallest absolute Gasteiger partial charge is 0.171 e. The second-order valence-electron chi connectivity index (χ2n) is 10.2. The van der Waals surface area contributed by atoms with Gasteiger partial charge in [0, 0.05) is 38.3 Å². The number of hydrogen-bond donors (Lipinski definition) is 0. The Labute approximate surface area is 271 Å². The molecule has 44 heavy (non-hydrogen) atoms. The minimum atomic E-state index is -1.37. The standard InChI is InChI=1S/C34H14F4S6/c35-27-25(19-13-23-33(43-19)31-21(39-23)11-17(41-31)15-7-3-1-4-8-15)28(36)30(38)26(29(27)37)20-14-24-34(44-20)32-22(40-24)12-18(42-32)16-9-5-2-6-10-16/h1-14H. The topological polar surface area (TPSA) is 0 Å². The molecule has 0 amide bonds. The average molecular weight is 691 g/mol. The van der Waals surface area contributed by atoms with Crippen molar-refractivity contribution >= 4 is 106 Å². The summed E-state index contributed by atoms with van der Waals surface area (Å²) in [6, 6.07) is 27.5. The van der Waals surface area contributed by atoms with Gasteiger partial charge in [-0.3, -0.25) is 0 Å². The molecule has 0 fully saturated rings. The van der Waals surface area contributed by atoms with Gasteiger partial charge in [0.15, 0.2) is 23.3 Å². The number of hydrogen-bond acceptors (Lipinski definition) is 6. The molecule has 0 nitrogen and oxygen atoms in total. The quantitative estimate of drug-likeness (QED) is 0.127. The lowest BCUT2D eigenvalue weighted by Crippen LogP contribution is -2.02. The summed E-state index contributed by atoms with van der Waals surface area (Å²) < 4.78 is 70.4. The van der Waals surface area contributed by atoms with Crippen molar-refractivity contribution in [3.63, 3.8) is 0 Å². The number of benzene rings is 3. The zero-order valence-electron chi connectivity index (χ0n) is 22.0. The summed E-state index contributed by atoms with van der Waals surface area (Å²) >= 11 is 8.55. The Kier molecular flexibility index (Phi) is 6.17. The predicted molar refractivity (Wildman–Crippen MR) is 185 cm³/mol. The second kappa shape index (κ2) is 10.1. The largest absolute Gasteiger partial charge is 0.203 e. The molecule has 9 rings (SSSR count). The van der Waals surface area contributed by atoms with Gasteiger partial charge in [-0.2, -0.15) is 0 Å². The Bertz CT molecular complexity index is 2330. The van der Waals surface area contributed by atoms with E-state index < -0.39 is 34.4 Å². The first-order chi connectivity index (χ1) is 21.4. The molecular formula is C34H14F4S6. The summed E-state index contributed by atoms with van der Waals surface area (Å²) in [4.78, 5) is 2.52. The van der Waals surface area contributed by atoms with Gasteiger partial charge in [0.1, 0.15) is 0 Å². The zero-order chi connectivity index (χ0) is 29.7. The minimum Gasteiger partial charge on any atom is -0.203 e. The average Bonchev–Trinajstić information content (AvgIpc) is 3.86. The molecule has 0 N–H and O–H groups in total. The van der Waals surface area contributed by atoms with E-state index >= 15 is 17.6 Å². The van der Waals surface area contributed by atoms with E-state index in [9.17, 15) is 0 Å². The van der Waals surface area contributed by atoms with Gasteiger partial charge in [-0.05, 0) is 35.4 Å². The molecule has 0 spiro atoms. The van der Waals surface area contributed by atoms with Crippen molar-refractivity contribution in [3.05, 3.63) is 108 Å². The summed E-state index contributed by atoms with van der Waals surface area (Å²) in [7, 11) is 0. The highest BCUT2D eigenvalue weighted by Crippen LogP contribution is 2.51. The SMILES string of the molecule is Fc1c(F)c(-c2cc3sc4cc(-c5ccccc5)sc4c3s2)c(F)c(F)c1-c1cc2sc3cc(-c4ccccc4)sc3c2s1. The molecule has 9 aromatic rings. The predicted octanol–water partition coefficient (Wildman–Crippen LogP) is 13.9. The van der Waals surface area contributed by atoms with Crippen LogP contribution in [0, 0.1) is 23.3 Å². The van der Waals surface area contributed by atoms with E-state index in [0.29, 0.717) is 0 Å². The molecule has 0 saturated carbocycles. The fourth-order valence-corrected chi connectivity index (χ4v) is 13.6. The lowest BCUT2D eigenvalue weighted by molar-refractivity contribution is 0.463. The summed E-state index contributed by atoms with van der Waals surface area (Å²) in [5.41, 5.74) is 0.869. The maximum absolute atomic E-state index is 15.7. The Morgan fingerprint density at radius 3 is 0.977 bits per heavy atom. The van der Waals surface area contributed by atoms with Crippen LogP contribution in [0.4, 0.5) is 17.6 Å². The van der Waals surface area contributed by atoms with Crippen molar-refractivity contribution in [1.29, 1.82) is 0 Å². The second-order valence-corrected chi connectivity index (χ2v) is 16.5. The van der Waals surface area contributed by atoms with Crippen LogP contribution >= 0.6 is 68.0 Å². The van der Waals surface area contributed by atoms with Gasteiger partial charge in [-0.25, -0.2) is 17.6 Å². The Hall–Kier alpha value is -3.38. The monoisotopic (exact) mass is 690 g/mol. The van der Waals surface area contributed by atoms with Crippen LogP contribution in [0.3, 0.4) is 0 Å². The minimum absolute atomic E-state index is 0.169. The first-order valence-electron chi connectivity index (χ1n) is 13.3. The highest BCUT2D eigenvalue weighted by Gasteiger charge is 2.30. The molecule has 3 aromatic carbocycles. The van der Waals surface area contributed by atoms with E-state index in [0.717, 1.165) is 81.2 Å². The van der Waals surface area contributed by atoms with Gasteiger partial charge >= 0.3 is 0 Å². The van der Waals surface area contributed by atoms with Crippen LogP contribution in [0.1, 0.15) is 0 Å². The number of halogens is 4. The van der Waals surface area contributed by atoms with Gasteiger partial charge in [0.2, 0.25) is 0 Å². The molecule has 0 bridgehead atoms. The van der Waals surface area contributed by atoms with Crippen molar-refractivity contribution in [2.24, 2.45) is 0 Å². The number of rotatable bonds is 4. The van der Waals surface area contributed by atoms with Crippen LogP contribution in [0.5, 0.6) is 0 Å². The van der Waals surface area contributed by atoms with E-state index in [1.807, 2.05) is 60.7 Å². The van der Waals surface area contributed by atoms with Crippen LogP contribution in [0.25, 0.3) is 79.4 Å². The van der Waals surface area contributed by atoms with E-state index in [2.05, 4.69) is 12.1 Å². The number of fused-ring (bicyclic) bond motifs is 6. The summed E-state index contributed by atoms with van der Waals surface area (Å²) in [5, 5.41) is 0. The van der Waals surface area contributed by atoms with E-state index in [4.69, 9.17) is 0 Å². The maximum Gasteiger partial charge on any atom is 0.171 e. The van der Waals surface area contributed by atoms with Crippen molar-refractivity contribution in [2.45, 2.75) is 0 Å². The van der Waals surface area contributed by atoms with Gasteiger partial charge in [0.25, 0.3) is 0 Å². The van der Waals surface area contributed by atoms with Crippen LogP contribution in [0.2, 0.25) is 0 Å². The molecule has 0 radical (unpaired) electrons. The van der Waals surface area contributed by atoms with Crippen LogP contribution in [0.15, 0.2) is 84.9 Å². The Morgan fingerprint density at radius 2 is 0.636 bits per heavy atom. The fraction of sp³-hybridized carbons (Fsp3) is 0. The molecule has 0 atom stereocenters. The van der Waals surface area contributed by atoms with Crippen molar-refractivity contribution in [1.82, 2.24) is 0 Å². The van der Waals surface area contributed by atoms with Crippen molar-refractivity contribution in [3.8, 4) is 41.8 Å². The third kappa shape index (κ3) is 4.02. The molecular weight excluding hydrogens is 677 g/mol. The van der Waals surface area contributed by atoms with Gasteiger partial charge in [-0.15, -0.1) is 68.0 Å². The number of thiophene rings is 6. The van der Waals surface area contributed by atoms with Crippen LogP contribution in [-0.2, 0) is 0 Å². The first-order valence-corrected chi connectivity index (χ1v) is 18.2. The molecule has 6 heterocycles. The summed E-state index contributed by atoms with van der Waals surface area (Å²) in [5.74, 6) is -5.48. The van der Waals surface area contributed by atoms with Gasteiger partial charge in [0.05, 0.1) is 29.9 Å². The van der Waals surface area contributed by atoms with E-state index in [-0.39, 0.29) is 9.75 Å². The Balaban J connectivity index is 1.13. The summed E-state index contributed by atoms with van der Waals surface area (Å²) in [6.07, 6.45) is 0.